The van der Waals surface area contributed by atoms with Gasteiger partial charge in [-0.2, -0.15) is 5.10 Å². The fourth-order valence-electron chi connectivity index (χ4n) is 2.46. The Labute approximate surface area is 134 Å². The van der Waals surface area contributed by atoms with Gasteiger partial charge in [-0.1, -0.05) is 6.07 Å². The Morgan fingerprint density at radius 2 is 2.17 bits per heavy atom. The first-order valence-electron chi connectivity index (χ1n) is 7.48. The van der Waals surface area contributed by atoms with Gasteiger partial charge in [-0.25, -0.2) is 4.98 Å². The smallest absolute Gasteiger partial charge is 0.274 e. The van der Waals surface area contributed by atoms with Crippen molar-refractivity contribution in [2.45, 2.75) is 6.10 Å². The monoisotopic (exact) mass is 313 g/mol. The van der Waals surface area contributed by atoms with Crippen LogP contribution in [0.2, 0.25) is 0 Å². The first-order valence-corrected chi connectivity index (χ1v) is 7.48. The lowest BCUT2D eigenvalue weighted by atomic mass is 10.1. The molecule has 0 aliphatic carbocycles. The number of hydrogen-bond donors (Lipinski definition) is 0. The van der Waals surface area contributed by atoms with Gasteiger partial charge in [-0.15, -0.1) is 5.10 Å². The van der Waals surface area contributed by atoms with Gasteiger partial charge in [-0.3, -0.25) is 4.79 Å². The van der Waals surface area contributed by atoms with E-state index in [1.54, 1.807) is 23.2 Å². The summed E-state index contributed by atoms with van der Waals surface area (Å²) in [5.41, 5.74) is 1.18. The normalized spacial score (nSPS) is 17.8. The standard InChI is InChI=1S/C16H19N5O2/c1-20(2)15-7-3-5-12(18-15)14-11-21(9-10-23-14)16(22)13-6-4-8-17-19-13/h3-8,14H,9-11H2,1-2H3. The molecule has 1 fully saturated rings. The van der Waals surface area contributed by atoms with Crippen molar-refractivity contribution in [3.05, 3.63) is 47.9 Å². The third-order valence-corrected chi connectivity index (χ3v) is 3.69. The topological polar surface area (TPSA) is 71.5 Å². The fraction of sp³-hybridized carbons (Fsp3) is 0.375. The minimum absolute atomic E-state index is 0.129. The Balaban J connectivity index is 1.76. The summed E-state index contributed by atoms with van der Waals surface area (Å²) in [6.45, 7) is 1.48. The molecule has 2 aromatic rings. The second-order valence-electron chi connectivity index (χ2n) is 5.53. The number of hydrogen-bond acceptors (Lipinski definition) is 6. The highest BCUT2D eigenvalue weighted by Crippen LogP contribution is 2.23. The number of pyridine rings is 1. The molecule has 1 amide bonds. The molecule has 23 heavy (non-hydrogen) atoms. The summed E-state index contributed by atoms with van der Waals surface area (Å²) in [6, 6.07) is 9.19. The van der Waals surface area contributed by atoms with Crippen molar-refractivity contribution in [2.75, 3.05) is 38.7 Å². The van der Waals surface area contributed by atoms with Crippen molar-refractivity contribution >= 4 is 11.7 Å². The minimum Gasteiger partial charge on any atom is -0.368 e. The molecule has 3 heterocycles. The predicted molar refractivity (Wildman–Crippen MR) is 85.2 cm³/mol. The van der Waals surface area contributed by atoms with Crippen LogP contribution in [0.1, 0.15) is 22.3 Å². The lowest BCUT2D eigenvalue weighted by Crippen LogP contribution is -2.42. The molecule has 1 atom stereocenters. The van der Waals surface area contributed by atoms with E-state index in [1.807, 2.05) is 37.2 Å². The number of amides is 1. The van der Waals surface area contributed by atoms with E-state index in [4.69, 9.17) is 4.74 Å². The molecule has 2 aromatic heterocycles. The average Bonchev–Trinajstić information content (AvgIpc) is 2.62. The van der Waals surface area contributed by atoms with Gasteiger partial charge in [0.05, 0.1) is 18.8 Å². The molecule has 0 aromatic carbocycles. The number of carbonyl (C=O) groups excluding carboxylic acids is 1. The summed E-state index contributed by atoms with van der Waals surface area (Å²) in [4.78, 5) is 20.8. The van der Waals surface area contributed by atoms with Crippen LogP contribution in [0.15, 0.2) is 36.5 Å². The van der Waals surface area contributed by atoms with Gasteiger partial charge >= 0.3 is 0 Å². The van der Waals surface area contributed by atoms with Crippen molar-refractivity contribution in [3.63, 3.8) is 0 Å². The molecule has 0 bridgehead atoms. The van der Waals surface area contributed by atoms with Gasteiger partial charge < -0.3 is 14.5 Å². The molecule has 0 saturated carbocycles. The number of ether oxygens (including phenoxy) is 1. The molecular weight excluding hydrogens is 294 g/mol. The van der Waals surface area contributed by atoms with Crippen LogP contribution in [-0.2, 0) is 4.74 Å². The zero-order valence-corrected chi connectivity index (χ0v) is 13.2. The number of rotatable bonds is 3. The SMILES string of the molecule is CN(C)c1cccc(C2CN(C(=O)c3cccnn3)CCO2)n1. The maximum Gasteiger partial charge on any atom is 0.274 e. The fourth-order valence-corrected chi connectivity index (χ4v) is 2.46. The zero-order valence-electron chi connectivity index (χ0n) is 13.2. The van der Waals surface area contributed by atoms with E-state index < -0.39 is 0 Å². The third-order valence-electron chi connectivity index (χ3n) is 3.69. The zero-order chi connectivity index (χ0) is 16.2. The van der Waals surface area contributed by atoms with E-state index in [1.165, 1.54) is 0 Å². The lowest BCUT2D eigenvalue weighted by Gasteiger charge is -2.32. The minimum atomic E-state index is -0.232. The first-order chi connectivity index (χ1) is 11.1. The van der Waals surface area contributed by atoms with Crippen LogP contribution in [0.5, 0.6) is 0 Å². The highest BCUT2D eigenvalue weighted by atomic mass is 16.5. The van der Waals surface area contributed by atoms with Gasteiger partial charge in [0.25, 0.3) is 5.91 Å². The maximum atomic E-state index is 12.5. The first kappa shape index (κ1) is 15.4. The van der Waals surface area contributed by atoms with E-state index >= 15 is 0 Å². The Kier molecular flexibility index (Phi) is 4.47. The van der Waals surface area contributed by atoms with Gasteiger partial charge in [0.15, 0.2) is 5.69 Å². The second kappa shape index (κ2) is 6.70. The van der Waals surface area contributed by atoms with Crippen molar-refractivity contribution < 1.29 is 9.53 Å². The number of carbonyl (C=O) groups is 1. The quantitative estimate of drug-likeness (QED) is 0.846. The van der Waals surface area contributed by atoms with Crippen LogP contribution < -0.4 is 4.90 Å². The number of morpholine rings is 1. The highest BCUT2D eigenvalue weighted by molar-refractivity contribution is 5.92. The summed E-state index contributed by atoms with van der Waals surface area (Å²) in [7, 11) is 3.88. The van der Waals surface area contributed by atoms with Crippen molar-refractivity contribution in [1.29, 1.82) is 0 Å². The molecule has 0 radical (unpaired) electrons. The average molecular weight is 313 g/mol. The van der Waals surface area contributed by atoms with Crippen LogP contribution in [-0.4, -0.2) is 59.8 Å². The number of nitrogens with zero attached hydrogens (tertiary/aromatic N) is 5. The van der Waals surface area contributed by atoms with E-state index in [0.717, 1.165) is 11.5 Å². The molecule has 1 aliphatic heterocycles. The Morgan fingerprint density at radius 3 is 2.91 bits per heavy atom. The van der Waals surface area contributed by atoms with E-state index in [2.05, 4.69) is 15.2 Å². The maximum absolute atomic E-state index is 12.5. The van der Waals surface area contributed by atoms with E-state index in [0.29, 0.717) is 25.4 Å². The molecule has 0 spiro atoms. The Bertz CT molecular complexity index is 677. The molecule has 7 heteroatoms. The summed E-state index contributed by atoms with van der Waals surface area (Å²) < 4.78 is 5.80. The molecule has 3 rings (SSSR count). The highest BCUT2D eigenvalue weighted by Gasteiger charge is 2.27. The van der Waals surface area contributed by atoms with Crippen LogP contribution in [0, 0.1) is 0 Å². The number of anilines is 1. The lowest BCUT2D eigenvalue weighted by molar-refractivity contribution is -0.0249. The molecule has 0 N–H and O–H groups in total. The van der Waals surface area contributed by atoms with Gasteiger partial charge in [0, 0.05) is 26.8 Å². The molecule has 1 aliphatic rings. The largest absolute Gasteiger partial charge is 0.368 e. The summed E-state index contributed by atoms with van der Waals surface area (Å²) in [6.07, 6.45) is 1.32. The van der Waals surface area contributed by atoms with Crippen molar-refractivity contribution in [1.82, 2.24) is 20.1 Å². The molecule has 7 nitrogen and oxygen atoms in total. The van der Waals surface area contributed by atoms with Gasteiger partial charge in [-0.05, 0) is 24.3 Å². The predicted octanol–water partition coefficient (Wildman–Crippen LogP) is 1.15. The molecule has 120 valence electrons. The summed E-state index contributed by atoms with van der Waals surface area (Å²) >= 11 is 0. The molecular formula is C16H19N5O2. The Hall–Kier alpha value is -2.54. The van der Waals surface area contributed by atoms with Crippen LogP contribution in [0.3, 0.4) is 0 Å². The molecule has 1 unspecified atom stereocenters. The van der Waals surface area contributed by atoms with Crippen molar-refractivity contribution in [2.24, 2.45) is 0 Å². The Morgan fingerprint density at radius 1 is 1.30 bits per heavy atom. The molecule has 1 saturated heterocycles. The van der Waals surface area contributed by atoms with Crippen molar-refractivity contribution in [3.8, 4) is 0 Å². The third kappa shape index (κ3) is 3.45. The van der Waals surface area contributed by atoms with E-state index in [-0.39, 0.29) is 12.0 Å². The van der Waals surface area contributed by atoms with Crippen LogP contribution in [0.25, 0.3) is 0 Å². The van der Waals surface area contributed by atoms with Gasteiger partial charge in [0.2, 0.25) is 0 Å². The van der Waals surface area contributed by atoms with E-state index in [9.17, 15) is 4.79 Å². The van der Waals surface area contributed by atoms with Gasteiger partial charge in [0.1, 0.15) is 11.9 Å². The van der Waals surface area contributed by atoms with Crippen LogP contribution >= 0.6 is 0 Å². The van der Waals surface area contributed by atoms with Crippen LogP contribution in [0.4, 0.5) is 5.82 Å². The summed E-state index contributed by atoms with van der Waals surface area (Å²) in [5.74, 6) is 0.735. The second-order valence-corrected chi connectivity index (χ2v) is 5.53. The summed E-state index contributed by atoms with van der Waals surface area (Å²) in [5, 5.41) is 7.65. The number of aromatic nitrogens is 3.